The standard InChI is InChI=1S/C15H16ClNS/c16-13-8-4-5-9-15(13)18-14(10-11-17)12-6-2-1-3-7-12/h1-9,14H,10-11,17H2. The molecule has 0 aliphatic carbocycles. The quantitative estimate of drug-likeness (QED) is 0.813. The summed E-state index contributed by atoms with van der Waals surface area (Å²) >= 11 is 7.98. The minimum atomic E-state index is 0.358. The average molecular weight is 278 g/mol. The largest absolute Gasteiger partial charge is 0.330 e. The molecule has 2 aromatic rings. The summed E-state index contributed by atoms with van der Waals surface area (Å²) < 4.78 is 0. The topological polar surface area (TPSA) is 26.0 Å². The molecule has 0 saturated carbocycles. The molecule has 0 aliphatic heterocycles. The molecule has 1 nitrogen and oxygen atoms in total. The second-order valence-corrected chi connectivity index (χ2v) is 5.68. The molecular formula is C15H16ClNS. The van der Waals surface area contributed by atoms with Gasteiger partial charge in [0.25, 0.3) is 0 Å². The predicted molar refractivity (Wildman–Crippen MR) is 80.2 cm³/mol. The van der Waals surface area contributed by atoms with Crippen LogP contribution in [0.15, 0.2) is 59.5 Å². The van der Waals surface area contributed by atoms with Crippen molar-refractivity contribution < 1.29 is 0 Å². The number of benzene rings is 2. The van der Waals surface area contributed by atoms with Crippen molar-refractivity contribution in [3.8, 4) is 0 Å². The predicted octanol–water partition coefficient (Wildman–Crippen LogP) is 4.52. The summed E-state index contributed by atoms with van der Waals surface area (Å²) in [6.45, 7) is 0.678. The summed E-state index contributed by atoms with van der Waals surface area (Å²) in [5, 5.41) is 1.16. The van der Waals surface area contributed by atoms with E-state index in [1.807, 2.05) is 24.3 Å². The first-order valence-corrected chi connectivity index (χ1v) is 7.23. The van der Waals surface area contributed by atoms with Crippen molar-refractivity contribution in [2.75, 3.05) is 6.54 Å². The van der Waals surface area contributed by atoms with Gasteiger partial charge < -0.3 is 5.73 Å². The molecule has 2 N–H and O–H groups in total. The van der Waals surface area contributed by atoms with Crippen molar-refractivity contribution in [1.82, 2.24) is 0 Å². The van der Waals surface area contributed by atoms with Gasteiger partial charge in [-0.2, -0.15) is 0 Å². The fraction of sp³-hybridized carbons (Fsp3) is 0.200. The highest BCUT2D eigenvalue weighted by Crippen LogP contribution is 2.40. The lowest BCUT2D eigenvalue weighted by Gasteiger charge is -2.16. The smallest absolute Gasteiger partial charge is 0.0542 e. The molecule has 0 aromatic heterocycles. The third-order valence-corrected chi connectivity index (χ3v) is 4.55. The van der Waals surface area contributed by atoms with Gasteiger partial charge in [0.05, 0.1) is 5.02 Å². The van der Waals surface area contributed by atoms with Gasteiger partial charge in [0.2, 0.25) is 0 Å². The van der Waals surface area contributed by atoms with Crippen LogP contribution >= 0.6 is 23.4 Å². The van der Waals surface area contributed by atoms with Gasteiger partial charge in [0, 0.05) is 10.1 Å². The van der Waals surface area contributed by atoms with E-state index in [9.17, 15) is 0 Å². The first kappa shape index (κ1) is 13.5. The fourth-order valence-corrected chi connectivity index (χ4v) is 3.27. The van der Waals surface area contributed by atoms with E-state index in [0.29, 0.717) is 11.8 Å². The lowest BCUT2D eigenvalue weighted by Crippen LogP contribution is -2.04. The van der Waals surface area contributed by atoms with E-state index in [0.717, 1.165) is 16.3 Å². The molecule has 0 heterocycles. The van der Waals surface area contributed by atoms with Crippen molar-refractivity contribution >= 4 is 23.4 Å². The highest BCUT2D eigenvalue weighted by molar-refractivity contribution is 7.99. The molecule has 2 rings (SSSR count). The molecule has 94 valence electrons. The Hall–Kier alpha value is -0.960. The lowest BCUT2D eigenvalue weighted by molar-refractivity contribution is 0.814. The molecule has 1 atom stereocenters. The molecule has 0 fully saturated rings. The second-order valence-electron chi connectivity index (χ2n) is 4.02. The fourth-order valence-electron chi connectivity index (χ4n) is 1.81. The Labute approximate surface area is 117 Å². The van der Waals surface area contributed by atoms with Crippen molar-refractivity contribution in [3.63, 3.8) is 0 Å². The molecule has 0 spiro atoms. The zero-order valence-corrected chi connectivity index (χ0v) is 11.6. The van der Waals surface area contributed by atoms with Crippen LogP contribution in [-0.2, 0) is 0 Å². The monoisotopic (exact) mass is 277 g/mol. The zero-order valence-electron chi connectivity index (χ0n) is 10.1. The SMILES string of the molecule is NCCC(Sc1ccccc1Cl)c1ccccc1. The second kappa shape index (κ2) is 6.83. The highest BCUT2D eigenvalue weighted by atomic mass is 35.5. The summed E-state index contributed by atoms with van der Waals surface area (Å²) in [4.78, 5) is 1.11. The Morgan fingerprint density at radius 3 is 2.33 bits per heavy atom. The molecule has 0 bridgehead atoms. The summed E-state index contributed by atoms with van der Waals surface area (Å²) in [5.41, 5.74) is 7.01. The number of halogens is 1. The van der Waals surface area contributed by atoms with Crippen LogP contribution in [0.4, 0.5) is 0 Å². The molecule has 1 unspecified atom stereocenters. The Balaban J connectivity index is 2.19. The van der Waals surface area contributed by atoms with Crippen LogP contribution in [0.2, 0.25) is 5.02 Å². The van der Waals surface area contributed by atoms with E-state index in [1.54, 1.807) is 11.8 Å². The number of hydrogen-bond donors (Lipinski definition) is 1. The normalized spacial score (nSPS) is 12.3. The summed E-state index contributed by atoms with van der Waals surface area (Å²) in [5.74, 6) is 0. The molecule has 0 saturated heterocycles. The zero-order chi connectivity index (χ0) is 12.8. The molecule has 3 heteroatoms. The van der Waals surface area contributed by atoms with Gasteiger partial charge >= 0.3 is 0 Å². The minimum absolute atomic E-state index is 0.358. The van der Waals surface area contributed by atoms with Gasteiger partial charge in [-0.1, -0.05) is 54.1 Å². The maximum Gasteiger partial charge on any atom is 0.0542 e. The first-order chi connectivity index (χ1) is 8.81. The van der Waals surface area contributed by atoms with Crippen LogP contribution in [-0.4, -0.2) is 6.54 Å². The van der Waals surface area contributed by atoms with Crippen molar-refractivity contribution in [3.05, 3.63) is 65.2 Å². The molecule has 0 aliphatic rings. The van der Waals surface area contributed by atoms with E-state index < -0.39 is 0 Å². The van der Waals surface area contributed by atoms with Crippen LogP contribution in [0, 0.1) is 0 Å². The van der Waals surface area contributed by atoms with E-state index >= 15 is 0 Å². The van der Waals surface area contributed by atoms with E-state index in [4.69, 9.17) is 17.3 Å². The Bertz CT molecular complexity index is 487. The minimum Gasteiger partial charge on any atom is -0.330 e. The van der Waals surface area contributed by atoms with Gasteiger partial charge in [-0.15, -0.1) is 11.8 Å². The Morgan fingerprint density at radius 1 is 1.00 bits per heavy atom. The lowest BCUT2D eigenvalue weighted by atomic mass is 10.1. The number of thioether (sulfide) groups is 1. The van der Waals surface area contributed by atoms with Crippen LogP contribution < -0.4 is 5.73 Å². The van der Waals surface area contributed by atoms with E-state index in [1.165, 1.54) is 5.56 Å². The van der Waals surface area contributed by atoms with Crippen LogP contribution in [0.3, 0.4) is 0 Å². The number of nitrogens with two attached hydrogens (primary N) is 1. The van der Waals surface area contributed by atoms with Gasteiger partial charge in [0.1, 0.15) is 0 Å². The first-order valence-electron chi connectivity index (χ1n) is 5.97. The van der Waals surface area contributed by atoms with Crippen molar-refractivity contribution in [2.24, 2.45) is 5.73 Å². The Morgan fingerprint density at radius 2 is 1.67 bits per heavy atom. The van der Waals surface area contributed by atoms with Gasteiger partial charge in [-0.3, -0.25) is 0 Å². The van der Waals surface area contributed by atoms with Crippen LogP contribution in [0.1, 0.15) is 17.2 Å². The average Bonchev–Trinajstić information content (AvgIpc) is 2.42. The molecular weight excluding hydrogens is 262 g/mol. The molecule has 18 heavy (non-hydrogen) atoms. The van der Waals surface area contributed by atoms with Gasteiger partial charge in [-0.05, 0) is 30.7 Å². The van der Waals surface area contributed by atoms with Crippen molar-refractivity contribution in [2.45, 2.75) is 16.6 Å². The van der Waals surface area contributed by atoms with E-state index in [2.05, 4.69) is 30.3 Å². The van der Waals surface area contributed by atoms with Gasteiger partial charge in [-0.25, -0.2) is 0 Å². The summed E-state index contributed by atoms with van der Waals surface area (Å²) in [6.07, 6.45) is 0.944. The maximum absolute atomic E-state index is 6.20. The van der Waals surface area contributed by atoms with Crippen LogP contribution in [0.5, 0.6) is 0 Å². The maximum atomic E-state index is 6.20. The third kappa shape index (κ3) is 3.52. The molecule has 0 amide bonds. The van der Waals surface area contributed by atoms with Crippen molar-refractivity contribution in [1.29, 1.82) is 0 Å². The Kier molecular flexibility index (Phi) is 5.12. The molecule has 2 aromatic carbocycles. The highest BCUT2D eigenvalue weighted by Gasteiger charge is 2.13. The molecule has 0 radical (unpaired) electrons. The summed E-state index contributed by atoms with van der Waals surface area (Å²) in [7, 11) is 0. The van der Waals surface area contributed by atoms with Crippen LogP contribution in [0.25, 0.3) is 0 Å². The van der Waals surface area contributed by atoms with Gasteiger partial charge in [0.15, 0.2) is 0 Å². The third-order valence-electron chi connectivity index (χ3n) is 2.71. The summed E-state index contributed by atoms with van der Waals surface area (Å²) in [6, 6.07) is 18.4. The number of hydrogen-bond acceptors (Lipinski definition) is 2. The van der Waals surface area contributed by atoms with E-state index in [-0.39, 0.29) is 0 Å². The number of rotatable bonds is 5.